The molecule has 6 nitrogen and oxygen atoms in total. The summed E-state index contributed by atoms with van der Waals surface area (Å²) in [4.78, 5) is 27.2. The Hall–Kier alpha value is -3.67. The van der Waals surface area contributed by atoms with Crippen molar-refractivity contribution in [3.63, 3.8) is 0 Å². The quantitative estimate of drug-likeness (QED) is 0.452. The molecule has 0 saturated carbocycles. The minimum atomic E-state index is -0.435. The molecule has 2 aliphatic rings. The van der Waals surface area contributed by atoms with Gasteiger partial charge in [-0.2, -0.15) is 5.10 Å². The molecule has 0 spiro atoms. The average molecular weight is 428 g/mol. The molecule has 5 rings (SSSR count). The van der Waals surface area contributed by atoms with Crippen molar-refractivity contribution in [2.45, 2.75) is 25.3 Å². The number of ketones is 1. The number of para-hydroxylation sites is 2. The number of Topliss-reactive ketones (excluding diaryl/α,β-unsaturated/α-hetero) is 1. The lowest BCUT2D eigenvalue weighted by molar-refractivity contribution is -0.121. The predicted octanol–water partition coefficient (Wildman–Crippen LogP) is 4.22. The molecule has 0 N–H and O–H groups in total. The molecule has 3 aromatic rings. The lowest BCUT2D eigenvalue weighted by atomic mass is 9.94. The number of allylic oxidation sites excluding steroid dienone is 1. The van der Waals surface area contributed by atoms with Gasteiger partial charge in [-0.25, -0.2) is 0 Å². The Morgan fingerprint density at radius 1 is 1.16 bits per heavy atom. The highest BCUT2D eigenvalue weighted by molar-refractivity contribution is 5.98. The van der Waals surface area contributed by atoms with Crippen LogP contribution in [0.5, 0.6) is 5.75 Å². The third-order valence-electron chi connectivity index (χ3n) is 6.25. The van der Waals surface area contributed by atoms with Gasteiger partial charge in [-0.15, -0.1) is 0 Å². The van der Waals surface area contributed by atoms with Crippen LogP contribution in [0, 0.1) is 5.92 Å². The Labute approximate surface area is 187 Å². The van der Waals surface area contributed by atoms with E-state index in [1.54, 1.807) is 24.1 Å². The second-order valence-electron chi connectivity index (χ2n) is 8.27. The highest BCUT2D eigenvalue weighted by atomic mass is 16.5. The van der Waals surface area contributed by atoms with Crippen LogP contribution in [0.2, 0.25) is 0 Å². The van der Waals surface area contributed by atoms with E-state index in [4.69, 9.17) is 4.74 Å². The number of carbonyl (C=O) groups excluding carboxylic acids is 2. The Kier molecular flexibility index (Phi) is 5.35. The van der Waals surface area contributed by atoms with E-state index in [-0.39, 0.29) is 30.6 Å². The van der Waals surface area contributed by atoms with Gasteiger partial charge in [-0.05, 0) is 30.2 Å². The van der Waals surface area contributed by atoms with Crippen LogP contribution in [0.3, 0.4) is 0 Å². The van der Waals surface area contributed by atoms with E-state index in [2.05, 4.69) is 17.2 Å². The molecular formula is C26H25N3O3. The Bertz CT molecular complexity index is 1180. The number of aromatic nitrogens is 2. The van der Waals surface area contributed by atoms with E-state index in [1.807, 2.05) is 53.2 Å². The molecular weight excluding hydrogens is 402 g/mol. The maximum atomic E-state index is 12.8. The fourth-order valence-electron chi connectivity index (χ4n) is 4.51. The molecule has 2 aliphatic heterocycles. The van der Waals surface area contributed by atoms with E-state index in [1.165, 1.54) is 5.56 Å². The number of hydrogen-bond donors (Lipinski definition) is 0. The minimum Gasteiger partial charge on any atom is -0.490 e. The van der Waals surface area contributed by atoms with Crippen molar-refractivity contribution < 1.29 is 14.3 Å². The van der Waals surface area contributed by atoms with Gasteiger partial charge in [-0.1, -0.05) is 54.6 Å². The van der Waals surface area contributed by atoms with Crippen molar-refractivity contribution in [3.8, 4) is 5.75 Å². The van der Waals surface area contributed by atoms with Crippen LogP contribution in [0.4, 0.5) is 5.69 Å². The molecule has 162 valence electrons. The topological polar surface area (TPSA) is 64.4 Å². The molecule has 6 heteroatoms. The van der Waals surface area contributed by atoms with Crippen molar-refractivity contribution >= 4 is 17.4 Å². The van der Waals surface area contributed by atoms with Crippen molar-refractivity contribution in [2.75, 3.05) is 18.6 Å². The van der Waals surface area contributed by atoms with Gasteiger partial charge in [-0.3, -0.25) is 14.3 Å². The summed E-state index contributed by atoms with van der Waals surface area (Å²) in [5, 5.41) is 4.53. The van der Waals surface area contributed by atoms with Crippen LogP contribution in [-0.2, 0) is 11.3 Å². The highest BCUT2D eigenvalue weighted by Gasteiger charge is 2.29. The molecule has 1 amide bonds. The van der Waals surface area contributed by atoms with Crippen molar-refractivity contribution in [1.29, 1.82) is 0 Å². The van der Waals surface area contributed by atoms with E-state index in [9.17, 15) is 9.59 Å². The van der Waals surface area contributed by atoms with Crippen molar-refractivity contribution in [3.05, 3.63) is 89.8 Å². The second kappa shape index (κ2) is 8.46. The number of anilines is 1. The lowest BCUT2D eigenvalue weighted by Crippen LogP contribution is -2.32. The summed E-state index contributed by atoms with van der Waals surface area (Å²) in [6.07, 6.45) is 4.74. The maximum absolute atomic E-state index is 12.8. The van der Waals surface area contributed by atoms with Gasteiger partial charge in [0.25, 0.3) is 0 Å². The zero-order valence-corrected chi connectivity index (χ0v) is 18.0. The summed E-state index contributed by atoms with van der Waals surface area (Å²) in [7, 11) is 1.75. The van der Waals surface area contributed by atoms with Gasteiger partial charge >= 0.3 is 0 Å². The number of ether oxygens (including phenoxy) is 1. The summed E-state index contributed by atoms with van der Waals surface area (Å²) in [6.45, 7) is 1.07. The number of amides is 1. The van der Waals surface area contributed by atoms with Crippen LogP contribution >= 0.6 is 0 Å². The van der Waals surface area contributed by atoms with Gasteiger partial charge in [0.15, 0.2) is 5.78 Å². The van der Waals surface area contributed by atoms with Gasteiger partial charge in [0.1, 0.15) is 18.1 Å². The molecule has 1 unspecified atom stereocenters. The number of hydrogen-bond acceptors (Lipinski definition) is 4. The highest BCUT2D eigenvalue weighted by Crippen LogP contribution is 2.34. The third kappa shape index (κ3) is 3.73. The number of nitrogens with zero attached hydrogens (tertiary/aromatic N) is 3. The van der Waals surface area contributed by atoms with E-state index in [0.717, 1.165) is 24.3 Å². The summed E-state index contributed by atoms with van der Waals surface area (Å²) < 4.78 is 7.77. The fourth-order valence-corrected chi connectivity index (χ4v) is 4.51. The zero-order valence-electron chi connectivity index (χ0n) is 18.0. The van der Waals surface area contributed by atoms with Crippen molar-refractivity contribution in [1.82, 2.24) is 9.78 Å². The third-order valence-corrected chi connectivity index (χ3v) is 6.25. The number of rotatable bonds is 5. The van der Waals surface area contributed by atoms with Crippen LogP contribution in [0.15, 0.2) is 72.8 Å². The smallest absolute Gasteiger partial charge is 0.237 e. The van der Waals surface area contributed by atoms with Crippen LogP contribution in [0.25, 0.3) is 0 Å². The first-order chi connectivity index (χ1) is 15.6. The first kappa shape index (κ1) is 20.2. The van der Waals surface area contributed by atoms with Crippen LogP contribution in [0.1, 0.15) is 40.5 Å². The molecule has 3 heterocycles. The van der Waals surface area contributed by atoms with Gasteiger partial charge in [0.05, 0.1) is 11.6 Å². The largest absolute Gasteiger partial charge is 0.490 e. The fraction of sp³-hybridized carbons (Fsp3) is 0.269. The minimum absolute atomic E-state index is 0.0476. The van der Waals surface area contributed by atoms with E-state index >= 15 is 0 Å². The lowest BCUT2D eigenvalue weighted by Gasteiger charge is -2.17. The molecule has 0 radical (unpaired) electrons. The Morgan fingerprint density at radius 2 is 1.94 bits per heavy atom. The van der Waals surface area contributed by atoms with Gasteiger partial charge in [0, 0.05) is 31.6 Å². The predicted molar refractivity (Wildman–Crippen MR) is 122 cm³/mol. The number of benzene rings is 2. The summed E-state index contributed by atoms with van der Waals surface area (Å²) in [5.74, 6) is 0.433. The standard InChI is InChI=1S/C26H25N3O3/c1-28-22-11-5-6-13-25(22)32-17-19(26(28)31)10-7-12-24(30)21-16-23-20(14-15-29(23)27-21)18-8-3-2-4-9-18/h2-11,13,16,19-20H,12,14-15,17H2,1H3/b10-7+/t19-,20?/m0/s1. The van der Waals surface area contributed by atoms with Gasteiger partial charge < -0.3 is 9.64 Å². The van der Waals surface area contributed by atoms with Gasteiger partial charge in [0.2, 0.25) is 5.91 Å². The molecule has 2 aromatic carbocycles. The number of carbonyl (C=O) groups is 2. The van der Waals surface area contributed by atoms with Crippen molar-refractivity contribution in [2.24, 2.45) is 5.92 Å². The van der Waals surface area contributed by atoms with E-state index < -0.39 is 5.92 Å². The Morgan fingerprint density at radius 3 is 2.78 bits per heavy atom. The number of aryl methyl sites for hydroxylation is 1. The molecule has 2 atom stereocenters. The summed E-state index contributed by atoms with van der Waals surface area (Å²) in [6, 6.07) is 19.8. The van der Waals surface area contributed by atoms with Crippen LogP contribution in [-0.4, -0.2) is 35.1 Å². The van der Waals surface area contributed by atoms with E-state index in [0.29, 0.717) is 11.4 Å². The monoisotopic (exact) mass is 427 g/mol. The zero-order chi connectivity index (χ0) is 22.1. The maximum Gasteiger partial charge on any atom is 0.237 e. The SMILES string of the molecule is CN1C(=O)[C@@H](/C=C/CC(=O)c2cc3n(n2)CCC3c2ccccc2)COc2ccccc21. The summed E-state index contributed by atoms with van der Waals surface area (Å²) >= 11 is 0. The number of fused-ring (bicyclic) bond motifs is 2. The average Bonchev–Trinajstić information content (AvgIpc) is 3.39. The molecule has 0 fully saturated rings. The summed E-state index contributed by atoms with van der Waals surface area (Å²) in [5.41, 5.74) is 3.58. The first-order valence-corrected chi connectivity index (χ1v) is 10.9. The molecule has 32 heavy (non-hydrogen) atoms. The molecule has 1 aromatic heterocycles. The second-order valence-corrected chi connectivity index (χ2v) is 8.27. The molecule has 0 bridgehead atoms. The molecule has 0 aliphatic carbocycles. The normalized spacial score (nSPS) is 20.0. The van der Waals surface area contributed by atoms with Crippen LogP contribution < -0.4 is 9.64 Å². The molecule has 0 saturated heterocycles. The first-order valence-electron chi connectivity index (χ1n) is 10.9. The Balaban J connectivity index is 1.26.